The molecular weight excluding hydrogens is 462 g/mol. The Bertz CT molecular complexity index is 1250. The van der Waals surface area contributed by atoms with Gasteiger partial charge < -0.3 is 24.8 Å². The van der Waals surface area contributed by atoms with Gasteiger partial charge in [-0.2, -0.15) is 0 Å². The topological polar surface area (TPSA) is 72.1 Å². The molecule has 2 heterocycles. The van der Waals surface area contributed by atoms with Crippen molar-refractivity contribution in [2.45, 2.75) is 25.6 Å². The third kappa shape index (κ3) is 3.93. The van der Waals surface area contributed by atoms with Gasteiger partial charge in [-0.05, 0) is 68.5 Å². The summed E-state index contributed by atoms with van der Waals surface area (Å²) in [7, 11) is 1.61. The van der Waals surface area contributed by atoms with Gasteiger partial charge in [0.15, 0.2) is 22.3 Å². The molecule has 0 aromatic heterocycles. The summed E-state index contributed by atoms with van der Waals surface area (Å²) in [5.74, 6) is 1.14. The van der Waals surface area contributed by atoms with Crippen LogP contribution in [0, 0.1) is 5.92 Å². The SMILES string of the molecule is CCOc1cccc2c1O[C@@]1(C)[C@@H](C(=O)Nc3ccc(OC)cc3)[C@@H]2NC(=S)N1c1ccccc1. The molecule has 1 saturated heterocycles. The largest absolute Gasteiger partial charge is 0.497 e. The summed E-state index contributed by atoms with van der Waals surface area (Å²) in [5, 5.41) is 6.97. The van der Waals surface area contributed by atoms with Crippen molar-refractivity contribution in [1.82, 2.24) is 5.32 Å². The smallest absolute Gasteiger partial charge is 0.236 e. The molecule has 1 amide bonds. The minimum atomic E-state index is -1.12. The van der Waals surface area contributed by atoms with E-state index in [1.165, 1.54) is 0 Å². The highest BCUT2D eigenvalue weighted by molar-refractivity contribution is 7.80. The number of amides is 1. The Morgan fingerprint density at radius 2 is 1.86 bits per heavy atom. The fourth-order valence-electron chi connectivity index (χ4n) is 4.90. The van der Waals surface area contributed by atoms with E-state index < -0.39 is 17.7 Å². The third-order valence-corrected chi connectivity index (χ3v) is 6.74. The Morgan fingerprint density at radius 3 is 2.54 bits per heavy atom. The van der Waals surface area contributed by atoms with Crippen molar-refractivity contribution < 1.29 is 19.0 Å². The molecule has 2 N–H and O–H groups in total. The second kappa shape index (κ2) is 9.11. The molecule has 0 spiro atoms. The van der Waals surface area contributed by atoms with E-state index >= 15 is 0 Å². The quantitative estimate of drug-likeness (QED) is 0.478. The van der Waals surface area contributed by atoms with Crippen LogP contribution in [-0.4, -0.2) is 30.5 Å². The van der Waals surface area contributed by atoms with Crippen LogP contribution in [0.15, 0.2) is 72.8 Å². The minimum absolute atomic E-state index is 0.189. The van der Waals surface area contributed by atoms with Gasteiger partial charge in [-0.3, -0.25) is 9.69 Å². The summed E-state index contributed by atoms with van der Waals surface area (Å²) in [6.07, 6.45) is 0. The van der Waals surface area contributed by atoms with Gasteiger partial charge in [-0.1, -0.05) is 30.3 Å². The predicted molar refractivity (Wildman–Crippen MR) is 139 cm³/mol. The first-order valence-electron chi connectivity index (χ1n) is 11.5. The van der Waals surface area contributed by atoms with E-state index in [0.29, 0.717) is 34.7 Å². The fourth-order valence-corrected chi connectivity index (χ4v) is 5.31. The summed E-state index contributed by atoms with van der Waals surface area (Å²) >= 11 is 5.80. The Hall–Kier alpha value is -3.78. The average Bonchev–Trinajstić information content (AvgIpc) is 2.85. The number of hydrogen-bond donors (Lipinski definition) is 2. The second-order valence-electron chi connectivity index (χ2n) is 8.56. The van der Waals surface area contributed by atoms with Crippen molar-refractivity contribution >= 4 is 34.6 Å². The molecule has 35 heavy (non-hydrogen) atoms. The number of para-hydroxylation sites is 2. The van der Waals surface area contributed by atoms with E-state index in [0.717, 1.165) is 11.3 Å². The molecule has 2 bridgehead atoms. The average molecular weight is 490 g/mol. The summed E-state index contributed by atoms with van der Waals surface area (Å²) in [5.41, 5.74) is 1.20. The number of benzene rings is 3. The lowest BCUT2D eigenvalue weighted by Gasteiger charge is -2.56. The molecule has 8 heteroatoms. The zero-order valence-corrected chi connectivity index (χ0v) is 20.6. The van der Waals surface area contributed by atoms with Gasteiger partial charge >= 0.3 is 0 Å². The number of anilines is 2. The monoisotopic (exact) mass is 489 g/mol. The van der Waals surface area contributed by atoms with Crippen LogP contribution in [0.5, 0.6) is 17.2 Å². The highest BCUT2D eigenvalue weighted by atomic mass is 32.1. The standard InChI is InChI=1S/C27H27N3O4S/c1-4-33-21-12-8-11-20-23-22(25(31)28-17-13-15-19(32-3)16-14-17)27(2,34-24(20)21)30(26(35)29-23)18-9-6-5-7-10-18/h5-16,22-23H,4H2,1-3H3,(H,28,31)(H,29,35)/t22-,23-,27+/m1/s1. The van der Waals surface area contributed by atoms with Crippen molar-refractivity contribution in [1.29, 1.82) is 0 Å². The molecular formula is C27H27N3O4S. The lowest BCUT2D eigenvalue weighted by molar-refractivity contribution is -0.130. The van der Waals surface area contributed by atoms with E-state index in [1.54, 1.807) is 7.11 Å². The van der Waals surface area contributed by atoms with E-state index in [1.807, 2.05) is 91.5 Å². The second-order valence-corrected chi connectivity index (χ2v) is 8.94. The summed E-state index contributed by atoms with van der Waals surface area (Å²) in [4.78, 5) is 15.8. The van der Waals surface area contributed by atoms with Crippen LogP contribution in [0.2, 0.25) is 0 Å². The van der Waals surface area contributed by atoms with E-state index in [2.05, 4.69) is 10.6 Å². The zero-order valence-electron chi connectivity index (χ0n) is 19.8. The first kappa shape index (κ1) is 23.0. The number of carbonyl (C=O) groups excluding carboxylic acids is 1. The number of carbonyl (C=O) groups is 1. The summed E-state index contributed by atoms with van der Waals surface area (Å²) in [6.45, 7) is 4.33. The highest BCUT2D eigenvalue weighted by Gasteiger charge is 2.59. The molecule has 0 unspecified atom stereocenters. The number of nitrogens with one attached hydrogen (secondary N) is 2. The van der Waals surface area contributed by atoms with E-state index in [-0.39, 0.29) is 5.91 Å². The Balaban J connectivity index is 1.61. The summed E-state index contributed by atoms with van der Waals surface area (Å²) < 4.78 is 17.8. The number of nitrogens with zero attached hydrogens (tertiary/aromatic N) is 1. The number of thiocarbonyl (C=S) groups is 1. The molecule has 0 saturated carbocycles. The highest BCUT2D eigenvalue weighted by Crippen LogP contribution is 2.52. The van der Waals surface area contributed by atoms with E-state index in [4.69, 9.17) is 26.4 Å². The van der Waals surface area contributed by atoms with Gasteiger partial charge in [0, 0.05) is 16.9 Å². The van der Waals surface area contributed by atoms with E-state index in [9.17, 15) is 4.79 Å². The first-order valence-corrected chi connectivity index (χ1v) is 11.9. The Labute approximate surface area is 210 Å². The van der Waals surface area contributed by atoms with Crippen molar-refractivity contribution in [2.75, 3.05) is 23.9 Å². The molecule has 3 aromatic rings. The van der Waals surface area contributed by atoms with Crippen LogP contribution in [-0.2, 0) is 4.79 Å². The van der Waals surface area contributed by atoms with Crippen LogP contribution < -0.4 is 29.7 Å². The molecule has 180 valence electrons. The van der Waals surface area contributed by atoms with Gasteiger partial charge in [0.05, 0.1) is 19.8 Å². The Morgan fingerprint density at radius 1 is 1.11 bits per heavy atom. The van der Waals surface area contributed by atoms with Crippen molar-refractivity contribution in [3.05, 3.63) is 78.4 Å². The lowest BCUT2D eigenvalue weighted by Crippen LogP contribution is -2.72. The van der Waals surface area contributed by atoms with Crippen LogP contribution >= 0.6 is 12.2 Å². The minimum Gasteiger partial charge on any atom is -0.497 e. The first-order chi connectivity index (χ1) is 17.0. The third-order valence-electron chi connectivity index (χ3n) is 6.44. The molecule has 0 aliphatic carbocycles. The molecule has 2 aliphatic rings. The molecule has 0 radical (unpaired) electrons. The molecule has 3 aromatic carbocycles. The van der Waals surface area contributed by atoms with Crippen LogP contribution in [0.3, 0.4) is 0 Å². The van der Waals surface area contributed by atoms with Gasteiger partial charge in [0.25, 0.3) is 0 Å². The molecule has 3 atom stereocenters. The van der Waals surface area contributed by atoms with Crippen LogP contribution in [0.25, 0.3) is 0 Å². The van der Waals surface area contributed by atoms with Crippen molar-refractivity contribution in [3.8, 4) is 17.2 Å². The molecule has 5 rings (SSSR count). The number of ether oxygens (including phenoxy) is 3. The number of rotatable bonds is 6. The number of methoxy groups -OCH3 is 1. The van der Waals surface area contributed by atoms with Gasteiger partial charge in [-0.15, -0.1) is 0 Å². The lowest BCUT2D eigenvalue weighted by atomic mass is 9.78. The maximum Gasteiger partial charge on any atom is 0.236 e. The Kier molecular flexibility index (Phi) is 5.98. The maximum absolute atomic E-state index is 13.9. The molecule has 7 nitrogen and oxygen atoms in total. The normalized spacial score (nSPS) is 22.4. The van der Waals surface area contributed by atoms with Gasteiger partial charge in [0.2, 0.25) is 5.91 Å². The van der Waals surface area contributed by atoms with Crippen molar-refractivity contribution in [2.24, 2.45) is 5.92 Å². The number of fused-ring (bicyclic) bond motifs is 4. The maximum atomic E-state index is 13.9. The zero-order chi connectivity index (χ0) is 24.6. The number of hydrogen-bond acceptors (Lipinski definition) is 5. The van der Waals surface area contributed by atoms with Crippen LogP contribution in [0.4, 0.5) is 11.4 Å². The van der Waals surface area contributed by atoms with Crippen molar-refractivity contribution in [3.63, 3.8) is 0 Å². The van der Waals surface area contributed by atoms with Gasteiger partial charge in [-0.25, -0.2) is 0 Å². The fraction of sp³-hybridized carbons (Fsp3) is 0.259. The van der Waals surface area contributed by atoms with Crippen LogP contribution in [0.1, 0.15) is 25.5 Å². The van der Waals surface area contributed by atoms with Gasteiger partial charge in [0.1, 0.15) is 11.7 Å². The molecule has 2 aliphatic heterocycles. The summed E-state index contributed by atoms with van der Waals surface area (Å²) in [6, 6.07) is 22.3. The predicted octanol–water partition coefficient (Wildman–Crippen LogP) is 4.89. The molecule has 1 fully saturated rings.